The molecule has 1 aliphatic heterocycles. The molecule has 41 heavy (non-hydrogen) atoms. The van der Waals surface area contributed by atoms with E-state index >= 15 is 0 Å². The molecule has 0 radical (unpaired) electrons. The molecule has 6 aromatic rings. The lowest BCUT2D eigenvalue weighted by Crippen LogP contribution is -2.32. The van der Waals surface area contributed by atoms with Crippen LogP contribution in [0.15, 0.2) is 94.8 Å². The lowest BCUT2D eigenvalue weighted by molar-refractivity contribution is -0.115. The van der Waals surface area contributed by atoms with Crippen molar-refractivity contribution in [2.45, 2.75) is 37.5 Å². The van der Waals surface area contributed by atoms with E-state index in [0.29, 0.717) is 6.61 Å². The van der Waals surface area contributed by atoms with Crippen molar-refractivity contribution in [2.75, 3.05) is 10.7 Å². The molecule has 0 saturated heterocycles. The summed E-state index contributed by atoms with van der Waals surface area (Å²) in [6.07, 6.45) is 3.98. The molecular weight excluding hydrogens is 553 g/mol. The number of fused-ring (bicyclic) bond motifs is 5. The Morgan fingerprint density at radius 2 is 1.71 bits per heavy atom. The van der Waals surface area contributed by atoms with Crippen molar-refractivity contribution >= 4 is 60.8 Å². The van der Waals surface area contributed by atoms with Crippen LogP contribution in [0, 0.1) is 0 Å². The summed E-state index contributed by atoms with van der Waals surface area (Å²) in [5.41, 5.74) is 5.23. The van der Waals surface area contributed by atoms with Crippen LogP contribution in [0.1, 0.15) is 25.0 Å². The number of thioether (sulfide) groups is 1. The van der Waals surface area contributed by atoms with Gasteiger partial charge in [0.2, 0.25) is 5.91 Å². The molecule has 0 bridgehead atoms. The zero-order valence-electron chi connectivity index (χ0n) is 22.5. The molecule has 1 aliphatic rings. The van der Waals surface area contributed by atoms with E-state index in [0.717, 1.165) is 60.3 Å². The van der Waals surface area contributed by atoms with Gasteiger partial charge in [0.25, 0.3) is 0 Å². The third-order valence-electron chi connectivity index (χ3n) is 7.16. The summed E-state index contributed by atoms with van der Waals surface area (Å²) >= 11 is 2.99. The molecule has 0 saturated carbocycles. The summed E-state index contributed by atoms with van der Waals surface area (Å²) < 4.78 is 12.9. The molecule has 4 aromatic heterocycles. The molecule has 204 valence electrons. The van der Waals surface area contributed by atoms with Gasteiger partial charge in [0.05, 0.1) is 34.4 Å². The van der Waals surface area contributed by atoms with Crippen LogP contribution in [0.2, 0.25) is 0 Å². The van der Waals surface area contributed by atoms with E-state index in [1.54, 1.807) is 28.8 Å². The second-order valence-electron chi connectivity index (χ2n) is 10.4. The quantitative estimate of drug-likeness (QED) is 0.147. The molecular formula is C32H26N4O3S2. The summed E-state index contributed by atoms with van der Waals surface area (Å²) in [6, 6.07) is 23.2. The minimum Gasteiger partial charge on any atom is -0.463 e. The first-order valence-corrected chi connectivity index (χ1v) is 15.1. The molecule has 0 unspecified atom stereocenters. The zero-order chi connectivity index (χ0) is 28.0. The number of pyridine rings is 1. The van der Waals surface area contributed by atoms with E-state index in [1.807, 2.05) is 72.8 Å². The van der Waals surface area contributed by atoms with Crippen LogP contribution in [-0.4, -0.2) is 32.2 Å². The van der Waals surface area contributed by atoms with Gasteiger partial charge >= 0.3 is 0 Å². The number of rotatable bonds is 6. The van der Waals surface area contributed by atoms with Crippen LogP contribution in [-0.2, 0) is 22.6 Å². The Morgan fingerprint density at radius 3 is 2.39 bits per heavy atom. The second kappa shape index (κ2) is 10.4. The number of hydrogen-bond donors (Lipinski definition) is 0. The van der Waals surface area contributed by atoms with E-state index in [4.69, 9.17) is 19.1 Å². The number of nitrogens with zero attached hydrogens (tertiary/aromatic N) is 4. The third-order valence-corrected chi connectivity index (χ3v) is 9.34. The Balaban J connectivity index is 1.29. The van der Waals surface area contributed by atoms with Crippen molar-refractivity contribution in [3.05, 3.63) is 96.5 Å². The van der Waals surface area contributed by atoms with Crippen molar-refractivity contribution in [3.8, 4) is 11.5 Å². The molecule has 5 heterocycles. The Hall–Kier alpha value is -4.05. The SMILES string of the molecule is CC1(C)Cc2c(c(-c3ccco3)nc3sc4c(SCC(=O)N(c5ccccc5)c5ccccc5)ncnc4c23)CO1. The van der Waals surface area contributed by atoms with Gasteiger partial charge in [-0.1, -0.05) is 48.2 Å². The van der Waals surface area contributed by atoms with Crippen LogP contribution in [0.4, 0.5) is 11.4 Å². The van der Waals surface area contributed by atoms with Crippen LogP contribution < -0.4 is 4.90 Å². The number of hydrogen-bond acceptors (Lipinski definition) is 8. The number of anilines is 2. The lowest BCUT2D eigenvalue weighted by Gasteiger charge is -2.32. The van der Waals surface area contributed by atoms with Gasteiger partial charge in [0, 0.05) is 28.7 Å². The molecule has 7 nitrogen and oxygen atoms in total. The standard InChI is InChI=1S/C32H26N4O3S2/c1-32(2)16-22-23(17-39-32)27(24-14-9-15-38-24)35-30-26(22)28-29(41-30)31(34-19-33-28)40-18-25(37)36(20-10-5-3-6-11-20)21-12-7-4-8-13-21/h3-15,19H,16-18H2,1-2H3. The molecule has 0 spiro atoms. The number of thiophene rings is 1. The van der Waals surface area contributed by atoms with Gasteiger partial charge in [0.15, 0.2) is 5.76 Å². The molecule has 1 amide bonds. The normalized spacial score (nSPS) is 14.3. The Labute approximate surface area is 245 Å². The van der Waals surface area contributed by atoms with Crippen molar-refractivity contribution < 1.29 is 13.9 Å². The van der Waals surface area contributed by atoms with Gasteiger partial charge in [0.1, 0.15) is 21.9 Å². The first-order valence-electron chi connectivity index (χ1n) is 13.3. The fourth-order valence-corrected chi connectivity index (χ4v) is 7.38. The molecule has 7 rings (SSSR count). The Morgan fingerprint density at radius 1 is 0.976 bits per heavy atom. The molecule has 0 fully saturated rings. The lowest BCUT2D eigenvalue weighted by atomic mass is 9.89. The molecule has 0 aliphatic carbocycles. The average Bonchev–Trinajstić information content (AvgIpc) is 3.65. The van der Waals surface area contributed by atoms with Gasteiger partial charge in [-0.2, -0.15) is 0 Å². The smallest absolute Gasteiger partial charge is 0.241 e. The third kappa shape index (κ3) is 4.80. The maximum atomic E-state index is 13.7. The van der Waals surface area contributed by atoms with E-state index in [-0.39, 0.29) is 17.3 Å². The number of furan rings is 1. The van der Waals surface area contributed by atoms with Gasteiger partial charge in [-0.25, -0.2) is 15.0 Å². The fraction of sp³-hybridized carbons (Fsp3) is 0.188. The number of aromatic nitrogens is 3. The van der Waals surface area contributed by atoms with Crippen molar-refractivity contribution in [2.24, 2.45) is 0 Å². The molecule has 9 heteroatoms. The van der Waals surface area contributed by atoms with Crippen LogP contribution in [0.25, 0.3) is 31.9 Å². The zero-order valence-corrected chi connectivity index (χ0v) is 24.2. The minimum atomic E-state index is -0.314. The van der Waals surface area contributed by atoms with Crippen LogP contribution >= 0.6 is 23.1 Å². The Bertz CT molecular complexity index is 1830. The van der Waals surface area contributed by atoms with Crippen LogP contribution in [0.3, 0.4) is 0 Å². The summed E-state index contributed by atoms with van der Waals surface area (Å²) in [7, 11) is 0. The fourth-order valence-electron chi connectivity index (χ4n) is 5.29. The van der Waals surface area contributed by atoms with Gasteiger partial charge in [-0.05, 0) is 55.8 Å². The Kier molecular flexibility index (Phi) is 6.57. The summed E-state index contributed by atoms with van der Waals surface area (Å²) in [6.45, 7) is 4.67. The highest BCUT2D eigenvalue weighted by Gasteiger charge is 2.32. The van der Waals surface area contributed by atoms with Crippen molar-refractivity contribution in [1.29, 1.82) is 0 Å². The first-order chi connectivity index (χ1) is 20.0. The van der Waals surface area contributed by atoms with Crippen molar-refractivity contribution in [3.63, 3.8) is 0 Å². The maximum absolute atomic E-state index is 13.7. The minimum absolute atomic E-state index is 0.0326. The molecule has 0 N–H and O–H groups in total. The summed E-state index contributed by atoms with van der Waals surface area (Å²) in [5.74, 6) is 0.903. The number of benzene rings is 2. The van der Waals surface area contributed by atoms with Crippen LogP contribution in [0.5, 0.6) is 0 Å². The van der Waals surface area contributed by atoms with E-state index in [2.05, 4.69) is 18.8 Å². The maximum Gasteiger partial charge on any atom is 0.241 e. The second-order valence-corrected chi connectivity index (χ2v) is 12.4. The number of para-hydroxylation sites is 2. The average molecular weight is 579 g/mol. The first kappa shape index (κ1) is 25.9. The predicted octanol–water partition coefficient (Wildman–Crippen LogP) is 7.81. The van der Waals surface area contributed by atoms with E-state index in [1.165, 1.54) is 17.3 Å². The van der Waals surface area contributed by atoms with Gasteiger partial charge in [-0.15, -0.1) is 11.3 Å². The number of carbonyl (C=O) groups is 1. The predicted molar refractivity (Wildman–Crippen MR) is 164 cm³/mol. The number of carbonyl (C=O) groups excluding carboxylic acids is 1. The highest BCUT2D eigenvalue weighted by molar-refractivity contribution is 8.00. The van der Waals surface area contributed by atoms with E-state index in [9.17, 15) is 4.79 Å². The highest BCUT2D eigenvalue weighted by Crippen LogP contribution is 2.44. The van der Waals surface area contributed by atoms with Gasteiger partial charge in [-0.3, -0.25) is 9.69 Å². The number of amides is 1. The van der Waals surface area contributed by atoms with Crippen molar-refractivity contribution in [1.82, 2.24) is 15.0 Å². The van der Waals surface area contributed by atoms with E-state index < -0.39 is 0 Å². The van der Waals surface area contributed by atoms with Gasteiger partial charge < -0.3 is 9.15 Å². The molecule has 0 atom stereocenters. The largest absolute Gasteiger partial charge is 0.463 e. The summed E-state index contributed by atoms with van der Waals surface area (Å²) in [5, 5.41) is 1.81. The highest BCUT2D eigenvalue weighted by atomic mass is 32.2. The monoisotopic (exact) mass is 578 g/mol. The molecule has 2 aromatic carbocycles. The number of ether oxygens (including phenoxy) is 1. The topological polar surface area (TPSA) is 81.4 Å². The summed E-state index contributed by atoms with van der Waals surface area (Å²) in [4.78, 5) is 30.7.